The van der Waals surface area contributed by atoms with Crippen LogP contribution in [0, 0.1) is 0 Å². The van der Waals surface area contributed by atoms with Gasteiger partial charge in [0.25, 0.3) is 5.91 Å². The first-order valence-corrected chi connectivity index (χ1v) is 6.46. The fraction of sp³-hybridized carbons (Fsp3) is 0.875. The minimum absolute atomic E-state index is 0.0699. The molecule has 0 aromatic rings. The number of sulfonamides is 1. The Kier molecular flexibility index (Phi) is 3.69. The van der Waals surface area contributed by atoms with Crippen LogP contribution in [-0.4, -0.2) is 38.8 Å². The van der Waals surface area contributed by atoms with Gasteiger partial charge < -0.3 is 10.5 Å². The number of carbonyl (C=O) groups is 1. The summed E-state index contributed by atoms with van der Waals surface area (Å²) in [5.74, 6) is -0.746. The van der Waals surface area contributed by atoms with E-state index in [9.17, 15) is 13.2 Å². The first kappa shape index (κ1) is 12.4. The SMILES string of the molecule is CCCS(=O)(=O)NC(=O)C1(N)CCOC1. The van der Waals surface area contributed by atoms with E-state index in [1.807, 2.05) is 4.72 Å². The molecule has 1 unspecified atom stereocenters. The van der Waals surface area contributed by atoms with Crippen molar-refractivity contribution >= 4 is 15.9 Å². The Morgan fingerprint density at radius 2 is 2.27 bits per heavy atom. The Hall–Kier alpha value is -0.660. The number of hydrogen-bond acceptors (Lipinski definition) is 5. The minimum Gasteiger partial charge on any atom is -0.379 e. The van der Waals surface area contributed by atoms with Gasteiger partial charge in [0.05, 0.1) is 12.4 Å². The summed E-state index contributed by atoms with van der Waals surface area (Å²) in [6, 6.07) is 0. The highest BCUT2D eigenvalue weighted by Crippen LogP contribution is 2.15. The van der Waals surface area contributed by atoms with Crippen LogP contribution in [0.15, 0.2) is 0 Å². The lowest BCUT2D eigenvalue weighted by atomic mass is 10.0. The minimum atomic E-state index is -3.54. The predicted octanol–water partition coefficient (Wildman–Crippen LogP) is -1.04. The molecule has 1 aliphatic rings. The zero-order valence-corrected chi connectivity index (χ0v) is 9.47. The first-order chi connectivity index (χ1) is 6.90. The lowest BCUT2D eigenvalue weighted by molar-refractivity contribution is -0.124. The monoisotopic (exact) mass is 236 g/mol. The molecule has 1 aliphatic heterocycles. The Labute approximate surface area is 89.2 Å². The second-order valence-corrected chi connectivity index (χ2v) is 5.55. The van der Waals surface area contributed by atoms with Crippen LogP contribution in [0.3, 0.4) is 0 Å². The molecule has 1 rings (SSSR count). The van der Waals surface area contributed by atoms with E-state index in [0.29, 0.717) is 19.4 Å². The first-order valence-electron chi connectivity index (χ1n) is 4.81. The molecule has 6 nitrogen and oxygen atoms in total. The van der Waals surface area contributed by atoms with Gasteiger partial charge in [-0.25, -0.2) is 8.42 Å². The van der Waals surface area contributed by atoms with Crippen molar-refractivity contribution in [1.29, 1.82) is 0 Å². The maximum Gasteiger partial charge on any atom is 0.255 e. The number of ether oxygens (including phenoxy) is 1. The fourth-order valence-electron chi connectivity index (χ4n) is 1.32. The predicted molar refractivity (Wildman–Crippen MR) is 54.6 cm³/mol. The highest BCUT2D eigenvalue weighted by atomic mass is 32.2. The summed E-state index contributed by atoms with van der Waals surface area (Å²) in [7, 11) is -3.54. The van der Waals surface area contributed by atoms with Crippen molar-refractivity contribution in [3.8, 4) is 0 Å². The lowest BCUT2D eigenvalue weighted by Crippen LogP contribution is -2.56. The molecular formula is C8H16N2O4S. The van der Waals surface area contributed by atoms with Crippen LogP contribution < -0.4 is 10.5 Å². The van der Waals surface area contributed by atoms with E-state index in [4.69, 9.17) is 10.5 Å². The molecule has 0 aromatic heterocycles. The third-order valence-corrected chi connectivity index (χ3v) is 3.67. The molecule has 7 heteroatoms. The highest BCUT2D eigenvalue weighted by Gasteiger charge is 2.39. The van der Waals surface area contributed by atoms with Crippen LogP contribution in [-0.2, 0) is 19.6 Å². The summed E-state index contributed by atoms with van der Waals surface area (Å²) >= 11 is 0. The van der Waals surface area contributed by atoms with Gasteiger partial charge in [-0.2, -0.15) is 0 Å². The zero-order valence-electron chi connectivity index (χ0n) is 8.65. The highest BCUT2D eigenvalue weighted by molar-refractivity contribution is 7.90. The Bertz CT molecular complexity index is 333. The Morgan fingerprint density at radius 3 is 2.73 bits per heavy atom. The van der Waals surface area contributed by atoms with E-state index in [1.54, 1.807) is 6.92 Å². The van der Waals surface area contributed by atoms with E-state index in [-0.39, 0.29) is 12.4 Å². The second-order valence-electron chi connectivity index (χ2n) is 3.71. The quantitative estimate of drug-likeness (QED) is 0.649. The molecule has 0 spiro atoms. The van der Waals surface area contributed by atoms with E-state index in [0.717, 1.165) is 0 Å². The van der Waals surface area contributed by atoms with Gasteiger partial charge in [-0.3, -0.25) is 9.52 Å². The van der Waals surface area contributed by atoms with Gasteiger partial charge in [-0.05, 0) is 6.42 Å². The topological polar surface area (TPSA) is 98.5 Å². The van der Waals surface area contributed by atoms with Gasteiger partial charge in [0.15, 0.2) is 0 Å². The largest absolute Gasteiger partial charge is 0.379 e. The van der Waals surface area contributed by atoms with Crippen molar-refractivity contribution in [2.24, 2.45) is 5.73 Å². The van der Waals surface area contributed by atoms with Gasteiger partial charge >= 0.3 is 0 Å². The van der Waals surface area contributed by atoms with Crippen LogP contribution in [0.5, 0.6) is 0 Å². The van der Waals surface area contributed by atoms with Crippen LogP contribution in [0.4, 0.5) is 0 Å². The van der Waals surface area contributed by atoms with Crippen molar-refractivity contribution in [2.75, 3.05) is 19.0 Å². The summed E-state index contributed by atoms with van der Waals surface area (Å²) < 4.78 is 29.6. The lowest BCUT2D eigenvalue weighted by Gasteiger charge is -2.20. The smallest absolute Gasteiger partial charge is 0.255 e. The third kappa shape index (κ3) is 3.15. The van der Waals surface area contributed by atoms with E-state index >= 15 is 0 Å². The number of nitrogens with one attached hydrogen (secondary N) is 1. The normalized spacial score (nSPS) is 26.5. The molecule has 1 atom stereocenters. The summed E-state index contributed by atoms with van der Waals surface area (Å²) in [5.41, 5.74) is 4.51. The molecule has 0 bridgehead atoms. The zero-order chi connectivity index (χ0) is 11.5. The molecule has 88 valence electrons. The van der Waals surface area contributed by atoms with Gasteiger partial charge in [-0.15, -0.1) is 0 Å². The number of amides is 1. The molecule has 0 aromatic carbocycles. The summed E-state index contributed by atoms with van der Waals surface area (Å²) in [4.78, 5) is 11.6. The van der Waals surface area contributed by atoms with Gasteiger partial charge in [0.2, 0.25) is 10.0 Å². The number of hydrogen-bond donors (Lipinski definition) is 2. The van der Waals surface area contributed by atoms with E-state index in [2.05, 4.69) is 0 Å². The summed E-state index contributed by atoms with van der Waals surface area (Å²) in [6.45, 7) is 2.18. The molecule has 0 aliphatic carbocycles. The Balaban J connectivity index is 2.63. The Morgan fingerprint density at radius 1 is 1.60 bits per heavy atom. The van der Waals surface area contributed by atoms with E-state index < -0.39 is 21.5 Å². The maximum absolute atomic E-state index is 11.6. The number of nitrogens with two attached hydrogens (primary N) is 1. The molecule has 1 saturated heterocycles. The van der Waals surface area contributed by atoms with Gasteiger partial charge in [0.1, 0.15) is 5.54 Å². The van der Waals surface area contributed by atoms with E-state index in [1.165, 1.54) is 0 Å². The second kappa shape index (κ2) is 4.46. The number of rotatable bonds is 4. The molecule has 1 heterocycles. The molecule has 3 N–H and O–H groups in total. The van der Waals surface area contributed by atoms with Crippen molar-refractivity contribution in [3.05, 3.63) is 0 Å². The summed E-state index contributed by atoms with van der Waals surface area (Å²) in [5, 5.41) is 0. The average Bonchev–Trinajstić information content (AvgIpc) is 2.52. The van der Waals surface area contributed by atoms with Crippen LogP contribution in [0.1, 0.15) is 19.8 Å². The standard InChI is InChI=1S/C8H16N2O4S/c1-2-5-15(12,13)10-7(11)8(9)3-4-14-6-8/h2-6,9H2,1H3,(H,10,11). The average molecular weight is 236 g/mol. The van der Waals surface area contributed by atoms with Gasteiger partial charge in [-0.1, -0.05) is 6.92 Å². The molecule has 1 amide bonds. The van der Waals surface area contributed by atoms with Crippen molar-refractivity contribution in [3.63, 3.8) is 0 Å². The fourth-order valence-corrected chi connectivity index (χ4v) is 2.45. The maximum atomic E-state index is 11.6. The molecule has 15 heavy (non-hydrogen) atoms. The van der Waals surface area contributed by atoms with Crippen molar-refractivity contribution in [1.82, 2.24) is 4.72 Å². The van der Waals surface area contributed by atoms with Crippen LogP contribution in [0.2, 0.25) is 0 Å². The van der Waals surface area contributed by atoms with Crippen molar-refractivity contribution < 1.29 is 17.9 Å². The van der Waals surface area contributed by atoms with Crippen molar-refractivity contribution in [2.45, 2.75) is 25.3 Å². The molecular weight excluding hydrogens is 220 g/mol. The van der Waals surface area contributed by atoms with Gasteiger partial charge in [0, 0.05) is 13.0 Å². The number of carbonyl (C=O) groups excluding carboxylic acids is 1. The summed E-state index contributed by atoms with van der Waals surface area (Å²) in [6.07, 6.45) is 0.803. The van der Waals surface area contributed by atoms with Crippen LogP contribution in [0.25, 0.3) is 0 Å². The molecule has 1 fully saturated rings. The molecule has 0 saturated carbocycles. The van der Waals surface area contributed by atoms with Crippen LogP contribution >= 0.6 is 0 Å². The molecule has 0 radical (unpaired) electrons. The third-order valence-electron chi connectivity index (χ3n) is 2.23.